The molecule has 3 aliphatic rings. The molecular weight excluding hydrogens is 476 g/mol. The van der Waals surface area contributed by atoms with Gasteiger partial charge in [-0.05, 0) is 63.7 Å². The Balaban J connectivity index is 2.18. The molecule has 8 heteroatoms. The first-order chi connectivity index (χ1) is 17.3. The smallest absolute Gasteiger partial charge is 0.333 e. The lowest BCUT2D eigenvalue weighted by molar-refractivity contribution is -0.263. The minimum atomic E-state index is -1.11. The Morgan fingerprint density at radius 3 is 2.27 bits per heavy atom. The maximum absolute atomic E-state index is 12.8. The normalized spacial score (nSPS) is 39.7. The van der Waals surface area contributed by atoms with Crippen molar-refractivity contribution in [2.24, 2.45) is 28.6 Å². The number of carbonyl (C=O) groups is 3. The van der Waals surface area contributed by atoms with Crippen molar-refractivity contribution in [2.45, 2.75) is 98.9 Å². The van der Waals surface area contributed by atoms with E-state index in [4.69, 9.17) is 18.9 Å². The van der Waals surface area contributed by atoms with Crippen LogP contribution in [0.15, 0.2) is 36.0 Å². The van der Waals surface area contributed by atoms with Crippen LogP contribution in [0, 0.1) is 28.6 Å². The molecule has 0 amide bonds. The van der Waals surface area contributed by atoms with E-state index in [0.29, 0.717) is 31.3 Å². The summed E-state index contributed by atoms with van der Waals surface area (Å²) in [4.78, 5) is 37.0. The Morgan fingerprint density at radius 2 is 1.70 bits per heavy atom. The Hall–Kier alpha value is -2.45. The Bertz CT molecular complexity index is 982. The average molecular weight is 519 g/mol. The van der Waals surface area contributed by atoms with Crippen LogP contribution >= 0.6 is 0 Å². The van der Waals surface area contributed by atoms with E-state index in [2.05, 4.69) is 26.5 Å². The largest absolute Gasteiger partial charge is 0.459 e. The van der Waals surface area contributed by atoms with E-state index >= 15 is 0 Å². The van der Waals surface area contributed by atoms with Gasteiger partial charge in [-0.25, -0.2) is 4.79 Å². The van der Waals surface area contributed by atoms with Gasteiger partial charge in [0.05, 0.1) is 11.5 Å². The highest BCUT2D eigenvalue weighted by molar-refractivity contribution is 5.87. The summed E-state index contributed by atoms with van der Waals surface area (Å²) in [7, 11) is 0. The molecule has 0 aromatic rings. The van der Waals surface area contributed by atoms with E-state index in [1.165, 1.54) is 13.8 Å². The van der Waals surface area contributed by atoms with Crippen molar-refractivity contribution >= 4 is 17.9 Å². The van der Waals surface area contributed by atoms with Crippen molar-refractivity contribution in [3.8, 4) is 0 Å². The first kappa shape index (κ1) is 29.1. The molecule has 0 bridgehead atoms. The highest BCUT2D eigenvalue weighted by atomic mass is 16.8. The van der Waals surface area contributed by atoms with Crippen molar-refractivity contribution in [1.82, 2.24) is 0 Å². The molecule has 9 atom stereocenters. The summed E-state index contributed by atoms with van der Waals surface area (Å²) in [6.07, 6.45) is 3.99. The second-order valence-corrected chi connectivity index (χ2v) is 11.2. The Morgan fingerprint density at radius 1 is 1.05 bits per heavy atom. The molecular formula is C29H42O8. The summed E-state index contributed by atoms with van der Waals surface area (Å²) in [6, 6.07) is 0. The van der Waals surface area contributed by atoms with Crippen LogP contribution in [0.3, 0.4) is 0 Å². The van der Waals surface area contributed by atoms with Crippen LogP contribution in [-0.2, 0) is 33.3 Å². The van der Waals surface area contributed by atoms with E-state index in [1.54, 1.807) is 26.0 Å². The van der Waals surface area contributed by atoms with Gasteiger partial charge in [0.2, 0.25) is 12.6 Å². The maximum atomic E-state index is 12.8. The lowest BCUT2D eigenvalue weighted by Crippen LogP contribution is -2.66. The molecule has 0 aromatic heterocycles. The average Bonchev–Trinajstić information content (AvgIpc) is 3.12. The second kappa shape index (κ2) is 11.1. The number of esters is 3. The minimum absolute atomic E-state index is 0.0881. The predicted octanol–water partition coefficient (Wildman–Crippen LogP) is 4.62. The second-order valence-electron chi connectivity index (χ2n) is 11.2. The molecule has 37 heavy (non-hydrogen) atoms. The van der Waals surface area contributed by atoms with Crippen molar-refractivity contribution in [3.05, 3.63) is 36.0 Å². The van der Waals surface area contributed by atoms with Gasteiger partial charge in [-0.2, -0.15) is 0 Å². The van der Waals surface area contributed by atoms with E-state index in [1.807, 2.05) is 6.92 Å². The van der Waals surface area contributed by atoms with Crippen molar-refractivity contribution in [3.63, 3.8) is 0 Å². The molecule has 1 spiro atoms. The molecule has 0 aromatic carbocycles. The SMILES string of the molecule is C=C/C(C)=C/C[C@]1(C)[C@H]2C[C@@H](OC(=O)/C(C)=C/C)C[C@@H]3[C@H](OC(C)=O)O[C@H](OC(C)=O)[C@@]32[C@H](O)C[C@@H]1C. The summed E-state index contributed by atoms with van der Waals surface area (Å²) in [6.45, 7) is 16.2. The first-order valence-corrected chi connectivity index (χ1v) is 13.1. The molecule has 1 heterocycles. The van der Waals surface area contributed by atoms with E-state index in [0.717, 1.165) is 5.57 Å². The molecule has 0 unspecified atom stereocenters. The molecule has 1 N–H and O–H groups in total. The number of hydrogen-bond acceptors (Lipinski definition) is 8. The van der Waals surface area contributed by atoms with Crippen LogP contribution in [0.2, 0.25) is 0 Å². The minimum Gasteiger partial charge on any atom is -0.459 e. The third kappa shape index (κ3) is 5.28. The summed E-state index contributed by atoms with van der Waals surface area (Å²) in [5, 5.41) is 11.8. The zero-order chi connectivity index (χ0) is 27.7. The zero-order valence-corrected chi connectivity index (χ0v) is 23.1. The van der Waals surface area contributed by atoms with Crippen molar-refractivity contribution in [2.75, 3.05) is 0 Å². The molecule has 1 aliphatic heterocycles. The van der Waals surface area contributed by atoms with Gasteiger partial charge in [0.1, 0.15) is 6.10 Å². The number of ether oxygens (including phenoxy) is 4. The highest BCUT2D eigenvalue weighted by Crippen LogP contribution is 2.68. The van der Waals surface area contributed by atoms with Crippen LogP contribution < -0.4 is 0 Å². The van der Waals surface area contributed by atoms with Gasteiger partial charge < -0.3 is 24.1 Å². The zero-order valence-electron chi connectivity index (χ0n) is 23.1. The maximum Gasteiger partial charge on any atom is 0.333 e. The molecule has 0 radical (unpaired) electrons. The molecule has 8 nitrogen and oxygen atoms in total. The van der Waals surface area contributed by atoms with Gasteiger partial charge in [-0.3, -0.25) is 9.59 Å². The summed E-state index contributed by atoms with van der Waals surface area (Å²) >= 11 is 0. The van der Waals surface area contributed by atoms with Gasteiger partial charge in [0.25, 0.3) is 0 Å². The summed E-state index contributed by atoms with van der Waals surface area (Å²) in [5.41, 5.74) is 0.111. The Kier molecular flexibility index (Phi) is 8.75. The fourth-order valence-corrected chi connectivity index (χ4v) is 6.78. The van der Waals surface area contributed by atoms with Crippen molar-refractivity contribution in [1.29, 1.82) is 0 Å². The fourth-order valence-electron chi connectivity index (χ4n) is 6.78. The number of rotatable bonds is 7. The number of aliphatic hydroxyl groups excluding tert-OH is 1. The van der Waals surface area contributed by atoms with Gasteiger partial charge in [-0.1, -0.05) is 44.2 Å². The van der Waals surface area contributed by atoms with Gasteiger partial charge in [0, 0.05) is 25.3 Å². The molecule has 206 valence electrons. The van der Waals surface area contributed by atoms with E-state index in [-0.39, 0.29) is 17.3 Å². The predicted molar refractivity (Wildman–Crippen MR) is 137 cm³/mol. The summed E-state index contributed by atoms with van der Waals surface area (Å²) in [5.74, 6) is -2.24. The standard InChI is InChI=1S/C29H42O8/c1-9-16(3)11-12-28(8)18(5)13-24(32)29-22(26(34-19(6)30)37-27(29)35-20(7)31)14-21(15-23(28)29)36-25(33)17(4)10-2/h9-11,18,21-24,26-27,32H,1,12-15H2,2-8H3/b16-11+,17-10+/t18-,21-,22+,23+,24+,26+,27-,28-,29-/m0/s1. The van der Waals surface area contributed by atoms with Crippen LogP contribution in [0.5, 0.6) is 0 Å². The highest BCUT2D eigenvalue weighted by Gasteiger charge is 2.73. The van der Waals surface area contributed by atoms with Crippen LogP contribution in [0.25, 0.3) is 0 Å². The Labute approximate surface area is 220 Å². The lowest BCUT2D eigenvalue weighted by atomic mass is 9.43. The van der Waals surface area contributed by atoms with Crippen LogP contribution in [-0.4, -0.2) is 47.8 Å². The summed E-state index contributed by atoms with van der Waals surface area (Å²) < 4.78 is 23.4. The van der Waals surface area contributed by atoms with E-state index in [9.17, 15) is 19.5 Å². The molecule has 3 rings (SSSR count). The molecule has 2 aliphatic carbocycles. The van der Waals surface area contributed by atoms with Crippen LogP contribution in [0.4, 0.5) is 0 Å². The number of hydrogen-bond donors (Lipinski definition) is 1. The van der Waals surface area contributed by atoms with Crippen molar-refractivity contribution < 1.29 is 38.4 Å². The van der Waals surface area contributed by atoms with Gasteiger partial charge in [0.15, 0.2) is 0 Å². The van der Waals surface area contributed by atoms with E-state index < -0.39 is 54.0 Å². The molecule has 1 saturated heterocycles. The monoisotopic (exact) mass is 518 g/mol. The first-order valence-electron chi connectivity index (χ1n) is 13.1. The third-order valence-electron chi connectivity index (χ3n) is 9.10. The molecule has 3 fully saturated rings. The third-order valence-corrected chi connectivity index (χ3v) is 9.10. The van der Waals surface area contributed by atoms with Gasteiger partial charge in [-0.15, -0.1) is 0 Å². The number of allylic oxidation sites excluding steroid dienone is 4. The molecule has 2 saturated carbocycles. The number of aliphatic hydroxyl groups is 1. The quantitative estimate of drug-likeness (QED) is 0.225. The van der Waals surface area contributed by atoms with Gasteiger partial charge >= 0.3 is 17.9 Å². The number of carbonyl (C=O) groups excluding carboxylic acids is 3. The topological polar surface area (TPSA) is 108 Å². The van der Waals surface area contributed by atoms with Crippen LogP contribution in [0.1, 0.15) is 74.1 Å². The lowest BCUT2D eigenvalue weighted by Gasteiger charge is -2.62. The fraction of sp³-hybridized carbons (Fsp3) is 0.690.